The smallest absolute Gasteiger partial charge is 0.245 e. The van der Waals surface area contributed by atoms with Crippen LogP contribution in [0.1, 0.15) is 18.4 Å². The zero-order valence-electron chi connectivity index (χ0n) is 13.3. The van der Waals surface area contributed by atoms with Crippen molar-refractivity contribution in [2.75, 3.05) is 0 Å². The SMILES string of the molecule is O=C1CC(CC(=O)N/N=C\c2cccc(Oc3ccccc3)c2)=NN1. The Kier molecular flexibility index (Phi) is 5.16. The summed E-state index contributed by atoms with van der Waals surface area (Å²) in [5.74, 6) is 0.876. The first kappa shape index (κ1) is 16.4. The van der Waals surface area contributed by atoms with Gasteiger partial charge >= 0.3 is 0 Å². The van der Waals surface area contributed by atoms with Crippen molar-refractivity contribution >= 4 is 23.7 Å². The van der Waals surface area contributed by atoms with E-state index in [0.717, 1.165) is 11.3 Å². The minimum atomic E-state index is -0.330. The van der Waals surface area contributed by atoms with Crippen LogP contribution < -0.4 is 15.6 Å². The van der Waals surface area contributed by atoms with Gasteiger partial charge in [-0.3, -0.25) is 9.59 Å². The molecule has 0 saturated carbocycles. The molecule has 2 aromatic carbocycles. The second kappa shape index (κ2) is 7.87. The number of ether oxygens (including phenoxy) is 1. The molecule has 0 spiro atoms. The highest BCUT2D eigenvalue weighted by Gasteiger charge is 2.16. The molecular formula is C18H16N4O3. The van der Waals surface area contributed by atoms with Crippen LogP contribution in [0.15, 0.2) is 64.8 Å². The molecule has 0 saturated heterocycles. The van der Waals surface area contributed by atoms with Crippen LogP contribution in [-0.4, -0.2) is 23.7 Å². The average molecular weight is 336 g/mol. The van der Waals surface area contributed by atoms with Crippen LogP contribution in [0.25, 0.3) is 0 Å². The summed E-state index contributed by atoms with van der Waals surface area (Å²) in [5, 5.41) is 7.67. The lowest BCUT2D eigenvalue weighted by molar-refractivity contribution is -0.119. The fourth-order valence-electron chi connectivity index (χ4n) is 2.19. The maximum atomic E-state index is 11.7. The van der Waals surface area contributed by atoms with Gasteiger partial charge in [-0.2, -0.15) is 10.2 Å². The van der Waals surface area contributed by atoms with Gasteiger partial charge in [-0.15, -0.1) is 0 Å². The number of hydrogen-bond donors (Lipinski definition) is 2. The van der Waals surface area contributed by atoms with E-state index in [9.17, 15) is 9.59 Å². The lowest BCUT2D eigenvalue weighted by Crippen LogP contribution is -2.20. The normalized spacial score (nSPS) is 13.4. The topological polar surface area (TPSA) is 92.2 Å². The van der Waals surface area contributed by atoms with Gasteiger partial charge in [0.15, 0.2) is 0 Å². The van der Waals surface area contributed by atoms with Gasteiger partial charge in [0, 0.05) is 0 Å². The Hall–Kier alpha value is -3.48. The Morgan fingerprint density at radius 2 is 2.00 bits per heavy atom. The molecule has 0 aliphatic carbocycles. The Labute approximate surface area is 144 Å². The monoisotopic (exact) mass is 336 g/mol. The zero-order chi connectivity index (χ0) is 17.5. The Bertz CT molecular complexity index is 831. The number of nitrogens with one attached hydrogen (secondary N) is 2. The lowest BCUT2D eigenvalue weighted by Gasteiger charge is -2.05. The van der Waals surface area contributed by atoms with Crippen molar-refractivity contribution in [3.8, 4) is 11.5 Å². The molecule has 0 radical (unpaired) electrons. The molecule has 1 aliphatic heterocycles. The minimum absolute atomic E-state index is 0.0350. The maximum absolute atomic E-state index is 11.7. The molecule has 0 atom stereocenters. The van der Waals surface area contributed by atoms with Gasteiger partial charge in [0.05, 0.1) is 24.8 Å². The highest BCUT2D eigenvalue weighted by molar-refractivity contribution is 6.11. The van der Waals surface area contributed by atoms with Crippen LogP contribution in [0.5, 0.6) is 11.5 Å². The van der Waals surface area contributed by atoms with Crippen LogP contribution in [0.2, 0.25) is 0 Å². The van der Waals surface area contributed by atoms with Crippen molar-refractivity contribution in [2.24, 2.45) is 10.2 Å². The van der Waals surface area contributed by atoms with Gasteiger partial charge in [0.1, 0.15) is 11.5 Å². The number of benzene rings is 2. The first-order chi connectivity index (χ1) is 12.2. The Morgan fingerprint density at radius 3 is 2.76 bits per heavy atom. The first-order valence-electron chi connectivity index (χ1n) is 7.68. The molecule has 0 unspecified atom stereocenters. The third-order valence-electron chi connectivity index (χ3n) is 3.31. The summed E-state index contributed by atoms with van der Waals surface area (Å²) in [4.78, 5) is 22.7. The van der Waals surface area contributed by atoms with E-state index < -0.39 is 0 Å². The summed E-state index contributed by atoms with van der Waals surface area (Å²) in [6.07, 6.45) is 1.71. The van der Waals surface area contributed by atoms with Gasteiger partial charge in [0.2, 0.25) is 11.8 Å². The molecule has 7 heteroatoms. The number of nitrogens with zero attached hydrogens (tertiary/aromatic N) is 2. The number of carbonyl (C=O) groups is 2. The number of hydrogen-bond acceptors (Lipinski definition) is 5. The molecule has 126 valence electrons. The third-order valence-corrected chi connectivity index (χ3v) is 3.31. The summed E-state index contributed by atoms with van der Waals surface area (Å²) in [6, 6.07) is 16.8. The fraction of sp³-hybridized carbons (Fsp3) is 0.111. The van der Waals surface area contributed by atoms with E-state index in [-0.39, 0.29) is 24.7 Å². The third kappa shape index (κ3) is 5.00. The Morgan fingerprint density at radius 1 is 1.20 bits per heavy atom. The van der Waals surface area contributed by atoms with Crippen molar-refractivity contribution in [1.29, 1.82) is 0 Å². The van der Waals surface area contributed by atoms with E-state index in [1.807, 2.05) is 54.6 Å². The second-order valence-corrected chi connectivity index (χ2v) is 5.35. The molecule has 1 heterocycles. The van der Waals surface area contributed by atoms with E-state index in [2.05, 4.69) is 21.1 Å². The quantitative estimate of drug-likeness (QED) is 0.626. The average Bonchev–Trinajstić information content (AvgIpc) is 3.01. The van der Waals surface area contributed by atoms with Crippen LogP contribution in [0, 0.1) is 0 Å². The highest BCUT2D eigenvalue weighted by Crippen LogP contribution is 2.21. The Balaban J connectivity index is 1.53. The van der Waals surface area contributed by atoms with Gasteiger partial charge in [0.25, 0.3) is 0 Å². The molecule has 25 heavy (non-hydrogen) atoms. The van der Waals surface area contributed by atoms with E-state index in [0.29, 0.717) is 11.5 Å². The van der Waals surface area contributed by atoms with Gasteiger partial charge in [-0.1, -0.05) is 30.3 Å². The van der Waals surface area contributed by atoms with Gasteiger partial charge < -0.3 is 4.74 Å². The molecule has 0 bridgehead atoms. The molecule has 2 aromatic rings. The van der Waals surface area contributed by atoms with Crippen molar-refractivity contribution in [3.63, 3.8) is 0 Å². The van der Waals surface area contributed by atoms with Crippen molar-refractivity contribution in [2.45, 2.75) is 12.8 Å². The first-order valence-corrected chi connectivity index (χ1v) is 7.68. The van der Waals surface area contributed by atoms with Crippen LogP contribution in [-0.2, 0) is 9.59 Å². The molecule has 2 amide bonds. The zero-order valence-corrected chi connectivity index (χ0v) is 13.3. The van der Waals surface area contributed by atoms with Crippen molar-refractivity contribution < 1.29 is 14.3 Å². The van der Waals surface area contributed by atoms with E-state index in [1.54, 1.807) is 0 Å². The number of hydrazone groups is 2. The van der Waals surface area contributed by atoms with E-state index in [1.165, 1.54) is 6.21 Å². The van der Waals surface area contributed by atoms with E-state index >= 15 is 0 Å². The van der Waals surface area contributed by atoms with E-state index in [4.69, 9.17) is 4.74 Å². The number of amides is 2. The largest absolute Gasteiger partial charge is 0.457 e. The predicted octanol–water partition coefficient (Wildman–Crippen LogP) is 2.19. The summed E-state index contributed by atoms with van der Waals surface area (Å²) >= 11 is 0. The fourth-order valence-corrected chi connectivity index (χ4v) is 2.19. The summed E-state index contributed by atoms with van der Waals surface area (Å²) in [7, 11) is 0. The number of carbonyl (C=O) groups excluding carboxylic acids is 2. The molecule has 7 nitrogen and oxygen atoms in total. The second-order valence-electron chi connectivity index (χ2n) is 5.35. The molecule has 2 N–H and O–H groups in total. The van der Waals surface area contributed by atoms with Crippen molar-refractivity contribution in [3.05, 3.63) is 60.2 Å². The minimum Gasteiger partial charge on any atom is -0.457 e. The number of para-hydroxylation sites is 1. The summed E-state index contributed by atoms with van der Waals surface area (Å²) < 4.78 is 5.74. The predicted molar refractivity (Wildman–Crippen MR) is 93.5 cm³/mol. The standard InChI is InChI=1S/C18H16N4O3/c23-17(10-14-11-18(24)22-20-14)21-19-12-13-5-4-8-16(9-13)25-15-6-2-1-3-7-15/h1-9,12H,10-11H2,(H,21,23)(H,22,24)/b19-12-. The molecular weight excluding hydrogens is 320 g/mol. The van der Waals surface area contributed by atoms with Gasteiger partial charge in [-0.05, 0) is 29.8 Å². The van der Waals surface area contributed by atoms with Crippen molar-refractivity contribution in [1.82, 2.24) is 10.9 Å². The summed E-state index contributed by atoms with van der Waals surface area (Å²) in [6.45, 7) is 0. The highest BCUT2D eigenvalue weighted by atomic mass is 16.5. The lowest BCUT2D eigenvalue weighted by atomic mass is 10.2. The number of rotatable bonds is 6. The van der Waals surface area contributed by atoms with Crippen LogP contribution in [0.3, 0.4) is 0 Å². The van der Waals surface area contributed by atoms with Crippen LogP contribution >= 0.6 is 0 Å². The maximum Gasteiger partial charge on any atom is 0.245 e. The molecule has 3 rings (SSSR count). The molecule has 1 aliphatic rings. The van der Waals surface area contributed by atoms with Crippen LogP contribution in [0.4, 0.5) is 0 Å². The molecule has 0 fully saturated rings. The summed E-state index contributed by atoms with van der Waals surface area (Å²) in [5.41, 5.74) is 5.99. The van der Waals surface area contributed by atoms with Gasteiger partial charge in [-0.25, -0.2) is 10.9 Å². The molecule has 0 aromatic heterocycles.